The number of nitrogens with one attached hydrogen (secondary N) is 1. The average molecular weight is 479 g/mol. The van der Waals surface area contributed by atoms with E-state index in [2.05, 4.69) is 5.32 Å². The van der Waals surface area contributed by atoms with E-state index in [0.717, 1.165) is 10.5 Å². The van der Waals surface area contributed by atoms with Gasteiger partial charge in [-0.1, -0.05) is 41.4 Å². The van der Waals surface area contributed by atoms with Crippen LogP contribution in [0.25, 0.3) is 6.08 Å². The molecule has 0 spiro atoms. The molecule has 1 aliphatic rings. The molecule has 1 heterocycles. The summed E-state index contributed by atoms with van der Waals surface area (Å²) in [7, 11) is 0. The van der Waals surface area contributed by atoms with Gasteiger partial charge in [-0.3, -0.25) is 14.9 Å². The lowest BCUT2D eigenvalue weighted by molar-refractivity contribution is -0.122. The van der Waals surface area contributed by atoms with Gasteiger partial charge in [0.15, 0.2) is 0 Å². The first kappa shape index (κ1) is 23.2. The van der Waals surface area contributed by atoms with Gasteiger partial charge >= 0.3 is 6.03 Å². The number of imide groups is 2. The Morgan fingerprint density at radius 2 is 1.82 bits per heavy atom. The number of amides is 4. The van der Waals surface area contributed by atoms with Crippen molar-refractivity contribution in [2.75, 3.05) is 4.90 Å². The summed E-state index contributed by atoms with van der Waals surface area (Å²) in [6, 6.07) is 15.1. The first-order valence-corrected chi connectivity index (χ1v) is 10.8. The number of barbiturate groups is 1. The van der Waals surface area contributed by atoms with E-state index in [4.69, 9.17) is 16.3 Å². The summed E-state index contributed by atoms with van der Waals surface area (Å²) in [5.41, 5.74) is 2.76. The van der Waals surface area contributed by atoms with Crippen molar-refractivity contribution in [3.63, 3.8) is 0 Å². The van der Waals surface area contributed by atoms with Gasteiger partial charge in [-0.2, -0.15) is 0 Å². The Labute approximate surface area is 200 Å². The molecule has 1 saturated heterocycles. The minimum atomic E-state index is -0.827. The largest absolute Gasteiger partial charge is 0.488 e. The first-order valence-electron chi connectivity index (χ1n) is 10.4. The molecule has 1 fully saturated rings. The molecule has 3 aromatic rings. The molecule has 0 aliphatic carbocycles. The van der Waals surface area contributed by atoms with E-state index < -0.39 is 17.8 Å². The Morgan fingerprint density at radius 3 is 2.56 bits per heavy atom. The van der Waals surface area contributed by atoms with Crippen molar-refractivity contribution in [3.05, 3.63) is 99.3 Å². The Bertz CT molecular complexity index is 1350. The maximum Gasteiger partial charge on any atom is 0.335 e. The lowest BCUT2D eigenvalue weighted by Crippen LogP contribution is -2.54. The molecule has 34 heavy (non-hydrogen) atoms. The second kappa shape index (κ2) is 9.49. The highest BCUT2D eigenvalue weighted by molar-refractivity contribution is 6.39. The molecule has 0 bridgehead atoms. The van der Waals surface area contributed by atoms with Gasteiger partial charge in [0.25, 0.3) is 11.8 Å². The number of urea groups is 1. The third-order valence-electron chi connectivity index (χ3n) is 5.25. The minimum absolute atomic E-state index is 0.0584. The lowest BCUT2D eigenvalue weighted by Gasteiger charge is -2.27. The van der Waals surface area contributed by atoms with Crippen LogP contribution in [0, 0.1) is 19.7 Å². The average Bonchev–Trinajstić information content (AvgIpc) is 2.77. The van der Waals surface area contributed by atoms with E-state index in [1.807, 2.05) is 13.0 Å². The summed E-state index contributed by atoms with van der Waals surface area (Å²) >= 11 is 6.14. The fourth-order valence-corrected chi connectivity index (χ4v) is 3.82. The number of aryl methyl sites for hydroxylation is 2. The molecule has 1 N–H and O–H groups in total. The Balaban J connectivity index is 1.69. The Morgan fingerprint density at radius 1 is 1.03 bits per heavy atom. The molecular formula is C26H20ClFN2O4. The van der Waals surface area contributed by atoms with E-state index in [0.29, 0.717) is 33.1 Å². The quantitative estimate of drug-likeness (QED) is 0.396. The van der Waals surface area contributed by atoms with E-state index in [1.165, 1.54) is 24.3 Å². The van der Waals surface area contributed by atoms with Gasteiger partial charge in [-0.05, 0) is 67.4 Å². The van der Waals surface area contributed by atoms with Gasteiger partial charge in [-0.15, -0.1) is 0 Å². The van der Waals surface area contributed by atoms with E-state index in [1.54, 1.807) is 43.3 Å². The Kier molecular flexibility index (Phi) is 6.47. The van der Waals surface area contributed by atoms with E-state index >= 15 is 0 Å². The van der Waals surface area contributed by atoms with Crippen LogP contribution in [0.15, 0.2) is 66.2 Å². The topological polar surface area (TPSA) is 75.7 Å². The van der Waals surface area contributed by atoms with Crippen LogP contribution >= 0.6 is 11.6 Å². The number of nitrogens with zero attached hydrogens (tertiary/aromatic N) is 1. The standard InChI is InChI=1S/C26H20ClFN2O4/c1-15-6-8-22(16(2)10-15)30-25(32)21(24(31)29-26(30)33)13-18-12-19(27)7-9-23(18)34-14-17-4-3-5-20(28)11-17/h3-13H,14H2,1-2H3,(H,29,31,33)/b21-13+. The highest BCUT2D eigenvalue weighted by Crippen LogP contribution is 2.29. The van der Waals surface area contributed by atoms with Gasteiger partial charge in [-0.25, -0.2) is 14.1 Å². The van der Waals surface area contributed by atoms with Crippen molar-refractivity contribution in [2.45, 2.75) is 20.5 Å². The number of benzene rings is 3. The highest BCUT2D eigenvalue weighted by Gasteiger charge is 2.37. The molecule has 0 atom stereocenters. The van der Waals surface area contributed by atoms with Gasteiger partial charge in [0.2, 0.25) is 0 Å². The molecule has 8 heteroatoms. The van der Waals surface area contributed by atoms with Crippen molar-refractivity contribution in [3.8, 4) is 5.75 Å². The summed E-state index contributed by atoms with van der Waals surface area (Å²) < 4.78 is 19.3. The van der Waals surface area contributed by atoms with Crippen LogP contribution in [0.5, 0.6) is 5.75 Å². The van der Waals surface area contributed by atoms with E-state index in [9.17, 15) is 18.8 Å². The zero-order chi connectivity index (χ0) is 24.4. The Hall–Kier alpha value is -3.97. The lowest BCUT2D eigenvalue weighted by atomic mass is 10.0. The van der Waals surface area contributed by atoms with Crippen molar-refractivity contribution >= 4 is 41.2 Å². The molecule has 0 unspecified atom stereocenters. The molecule has 6 nitrogen and oxygen atoms in total. The number of carbonyl (C=O) groups is 3. The number of carbonyl (C=O) groups excluding carboxylic acids is 3. The third-order valence-corrected chi connectivity index (χ3v) is 5.49. The van der Waals surface area contributed by atoms with Crippen molar-refractivity contribution < 1.29 is 23.5 Å². The molecule has 0 saturated carbocycles. The second-order valence-corrected chi connectivity index (χ2v) is 8.28. The van der Waals surface area contributed by atoms with Crippen LogP contribution in [0.3, 0.4) is 0 Å². The van der Waals surface area contributed by atoms with Gasteiger partial charge in [0.05, 0.1) is 5.69 Å². The maximum atomic E-state index is 13.5. The van der Waals surface area contributed by atoms with Crippen molar-refractivity contribution in [2.24, 2.45) is 0 Å². The number of hydrogen-bond acceptors (Lipinski definition) is 4. The van der Waals surface area contributed by atoms with Crippen LogP contribution in [0.1, 0.15) is 22.3 Å². The van der Waals surface area contributed by atoms with Crippen molar-refractivity contribution in [1.82, 2.24) is 5.32 Å². The predicted octanol–water partition coefficient (Wildman–Crippen LogP) is 5.34. The minimum Gasteiger partial charge on any atom is -0.488 e. The summed E-state index contributed by atoms with van der Waals surface area (Å²) in [6.07, 6.45) is 1.33. The molecule has 172 valence electrons. The zero-order valence-electron chi connectivity index (χ0n) is 18.4. The molecule has 4 rings (SSSR count). The monoisotopic (exact) mass is 478 g/mol. The number of hydrogen-bond donors (Lipinski definition) is 1. The summed E-state index contributed by atoms with van der Waals surface area (Å²) in [4.78, 5) is 39.3. The fraction of sp³-hybridized carbons (Fsp3) is 0.115. The number of ether oxygens (including phenoxy) is 1. The second-order valence-electron chi connectivity index (χ2n) is 7.85. The van der Waals surface area contributed by atoms with Crippen LogP contribution < -0.4 is 15.0 Å². The fourth-order valence-electron chi connectivity index (χ4n) is 3.64. The van der Waals surface area contributed by atoms with Gasteiger partial charge in [0, 0.05) is 10.6 Å². The molecule has 0 aromatic heterocycles. The number of anilines is 1. The molecule has 4 amide bonds. The van der Waals surface area contributed by atoms with E-state index in [-0.39, 0.29) is 18.0 Å². The predicted molar refractivity (Wildman–Crippen MR) is 127 cm³/mol. The molecular weight excluding hydrogens is 459 g/mol. The first-order chi connectivity index (χ1) is 16.2. The maximum absolute atomic E-state index is 13.5. The van der Waals surface area contributed by atoms with Crippen LogP contribution in [0.2, 0.25) is 5.02 Å². The molecule has 3 aromatic carbocycles. The SMILES string of the molecule is Cc1ccc(N2C(=O)NC(=O)/C(=C\c3cc(Cl)ccc3OCc3cccc(F)c3)C2=O)c(C)c1. The number of rotatable bonds is 5. The summed E-state index contributed by atoms with van der Waals surface area (Å²) in [6.45, 7) is 3.73. The van der Waals surface area contributed by atoms with Crippen molar-refractivity contribution in [1.29, 1.82) is 0 Å². The smallest absolute Gasteiger partial charge is 0.335 e. The summed E-state index contributed by atoms with van der Waals surface area (Å²) in [5, 5.41) is 2.57. The summed E-state index contributed by atoms with van der Waals surface area (Å²) in [5.74, 6) is -1.65. The molecule has 0 radical (unpaired) electrons. The van der Waals surface area contributed by atoms with Crippen LogP contribution in [0.4, 0.5) is 14.9 Å². The zero-order valence-corrected chi connectivity index (χ0v) is 19.2. The van der Waals surface area contributed by atoms with Gasteiger partial charge < -0.3 is 4.74 Å². The normalized spacial score (nSPS) is 15.0. The highest BCUT2D eigenvalue weighted by atomic mass is 35.5. The molecule has 1 aliphatic heterocycles. The van der Waals surface area contributed by atoms with Gasteiger partial charge in [0.1, 0.15) is 23.7 Å². The number of halogens is 2. The third kappa shape index (κ3) is 4.84. The van der Waals surface area contributed by atoms with Crippen LogP contribution in [-0.4, -0.2) is 17.8 Å². The van der Waals surface area contributed by atoms with Crippen LogP contribution in [-0.2, 0) is 16.2 Å².